The number of aromatic nitrogens is 1. The lowest BCUT2D eigenvalue weighted by molar-refractivity contribution is 0.120. The molecular formula is C10H15NOS. The van der Waals surface area contributed by atoms with Crippen molar-refractivity contribution in [3.05, 3.63) is 16.1 Å². The fraction of sp³-hybridized carbons (Fsp3) is 0.700. The Labute approximate surface area is 82.6 Å². The highest BCUT2D eigenvalue weighted by Crippen LogP contribution is 2.44. The number of rotatable bonds is 3. The molecule has 1 aliphatic carbocycles. The number of aliphatic hydroxyl groups is 1. The van der Waals surface area contributed by atoms with Gasteiger partial charge in [0.1, 0.15) is 5.01 Å². The van der Waals surface area contributed by atoms with Gasteiger partial charge in [0.05, 0.1) is 12.3 Å². The number of aliphatic hydroxyl groups excluding tert-OH is 1. The van der Waals surface area contributed by atoms with E-state index in [0.717, 1.165) is 24.3 Å². The van der Waals surface area contributed by atoms with Crippen molar-refractivity contribution in [1.82, 2.24) is 4.98 Å². The summed E-state index contributed by atoms with van der Waals surface area (Å²) in [5.41, 5.74) is 1.21. The molecule has 1 fully saturated rings. The molecule has 0 atom stereocenters. The normalized spacial score (nSPS) is 19.8. The molecule has 0 aromatic carbocycles. The van der Waals surface area contributed by atoms with Crippen LogP contribution in [0.2, 0.25) is 0 Å². The SMILES string of the molecule is CCc1csc(C2(CO)CCC2)n1. The lowest BCUT2D eigenvalue weighted by Crippen LogP contribution is -2.37. The van der Waals surface area contributed by atoms with Crippen molar-refractivity contribution in [2.24, 2.45) is 0 Å². The molecule has 1 aromatic heterocycles. The van der Waals surface area contributed by atoms with Crippen LogP contribution in [0.3, 0.4) is 0 Å². The molecule has 0 spiro atoms. The van der Waals surface area contributed by atoms with Crippen molar-refractivity contribution in [2.45, 2.75) is 38.0 Å². The lowest BCUT2D eigenvalue weighted by Gasteiger charge is -2.38. The first-order valence-corrected chi connectivity index (χ1v) is 5.74. The van der Waals surface area contributed by atoms with Crippen LogP contribution in [0.5, 0.6) is 0 Å². The highest BCUT2D eigenvalue weighted by molar-refractivity contribution is 7.09. The zero-order chi connectivity index (χ0) is 9.31. The third kappa shape index (κ3) is 1.40. The van der Waals surface area contributed by atoms with E-state index in [1.54, 1.807) is 11.3 Å². The molecular weight excluding hydrogens is 182 g/mol. The van der Waals surface area contributed by atoms with Crippen LogP contribution in [-0.2, 0) is 11.8 Å². The maximum atomic E-state index is 9.34. The number of aryl methyl sites for hydroxylation is 1. The van der Waals surface area contributed by atoms with Gasteiger partial charge >= 0.3 is 0 Å². The molecule has 13 heavy (non-hydrogen) atoms. The molecule has 3 heteroatoms. The van der Waals surface area contributed by atoms with Crippen molar-refractivity contribution < 1.29 is 5.11 Å². The smallest absolute Gasteiger partial charge is 0.101 e. The molecule has 0 amide bonds. The van der Waals surface area contributed by atoms with Crippen molar-refractivity contribution in [3.63, 3.8) is 0 Å². The van der Waals surface area contributed by atoms with Gasteiger partial charge in [0.2, 0.25) is 0 Å². The fourth-order valence-electron chi connectivity index (χ4n) is 1.76. The van der Waals surface area contributed by atoms with Gasteiger partial charge in [0.25, 0.3) is 0 Å². The summed E-state index contributed by atoms with van der Waals surface area (Å²) in [6, 6.07) is 0. The summed E-state index contributed by atoms with van der Waals surface area (Å²) in [7, 11) is 0. The Hall–Kier alpha value is -0.410. The molecule has 2 rings (SSSR count). The van der Waals surface area contributed by atoms with Crippen molar-refractivity contribution in [2.75, 3.05) is 6.61 Å². The first kappa shape index (κ1) is 9.16. The number of thiazole rings is 1. The number of hydrogen-bond donors (Lipinski definition) is 1. The Kier molecular flexibility index (Phi) is 2.39. The Bertz CT molecular complexity index is 285. The minimum Gasteiger partial charge on any atom is -0.395 e. The largest absolute Gasteiger partial charge is 0.395 e. The van der Waals surface area contributed by atoms with Crippen LogP contribution in [-0.4, -0.2) is 16.7 Å². The van der Waals surface area contributed by atoms with Crippen LogP contribution in [0.25, 0.3) is 0 Å². The molecule has 2 nitrogen and oxygen atoms in total. The van der Waals surface area contributed by atoms with Gasteiger partial charge in [0, 0.05) is 10.8 Å². The van der Waals surface area contributed by atoms with Gasteiger partial charge < -0.3 is 5.11 Å². The molecule has 1 aliphatic rings. The van der Waals surface area contributed by atoms with Crippen LogP contribution in [0, 0.1) is 0 Å². The summed E-state index contributed by atoms with van der Waals surface area (Å²) in [4.78, 5) is 4.55. The molecule has 1 aromatic rings. The average Bonchev–Trinajstić information content (AvgIpc) is 2.52. The van der Waals surface area contributed by atoms with Crippen molar-refractivity contribution in [3.8, 4) is 0 Å². The molecule has 1 N–H and O–H groups in total. The van der Waals surface area contributed by atoms with Gasteiger partial charge in [-0.3, -0.25) is 0 Å². The predicted octanol–water partition coefficient (Wildman–Crippen LogP) is 2.12. The van der Waals surface area contributed by atoms with E-state index in [1.807, 2.05) is 0 Å². The molecule has 0 unspecified atom stereocenters. The van der Waals surface area contributed by atoms with Crippen LogP contribution in [0.15, 0.2) is 5.38 Å². The van der Waals surface area contributed by atoms with E-state index >= 15 is 0 Å². The van der Waals surface area contributed by atoms with Crippen LogP contribution < -0.4 is 0 Å². The van der Waals surface area contributed by atoms with E-state index in [2.05, 4.69) is 17.3 Å². The Morgan fingerprint density at radius 2 is 2.38 bits per heavy atom. The van der Waals surface area contributed by atoms with Crippen LogP contribution in [0.1, 0.15) is 36.9 Å². The van der Waals surface area contributed by atoms with Gasteiger partial charge in [-0.05, 0) is 19.3 Å². The first-order valence-electron chi connectivity index (χ1n) is 4.86. The lowest BCUT2D eigenvalue weighted by atomic mass is 9.70. The molecule has 0 bridgehead atoms. The van der Waals surface area contributed by atoms with E-state index in [9.17, 15) is 5.11 Å². The molecule has 1 saturated carbocycles. The molecule has 0 saturated heterocycles. The zero-order valence-electron chi connectivity index (χ0n) is 7.92. The Morgan fingerprint density at radius 1 is 1.62 bits per heavy atom. The molecule has 0 radical (unpaired) electrons. The quantitative estimate of drug-likeness (QED) is 0.805. The Balaban J connectivity index is 2.23. The third-order valence-corrected chi connectivity index (χ3v) is 4.12. The molecule has 0 aliphatic heterocycles. The minimum absolute atomic E-state index is 0.0398. The summed E-state index contributed by atoms with van der Waals surface area (Å²) in [5.74, 6) is 0. The van der Waals surface area contributed by atoms with E-state index in [-0.39, 0.29) is 12.0 Å². The van der Waals surface area contributed by atoms with E-state index in [1.165, 1.54) is 12.1 Å². The summed E-state index contributed by atoms with van der Waals surface area (Å²) in [5, 5.41) is 12.6. The summed E-state index contributed by atoms with van der Waals surface area (Å²) < 4.78 is 0. The van der Waals surface area contributed by atoms with Crippen LogP contribution >= 0.6 is 11.3 Å². The second kappa shape index (κ2) is 3.39. The Morgan fingerprint density at radius 3 is 2.77 bits per heavy atom. The second-order valence-corrected chi connectivity index (χ2v) is 4.65. The highest BCUT2D eigenvalue weighted by atomic mass is 32.1. The van der Waals surface area contributed by atoms with Crippen LogP contribution in [0.4, 0.5) is 0 Å². The van der Waals surface area contributed by atoms with Gasteiger partial charge in [-0.1, -0.05) is 13.3 Å². The number of nitrogens with zero attached hydrogens (tertiary/aromatic N) is 1. The fourth-order valence-corrected chi connectivity index (χ4v) is 2.91. The highest BCUT2D eigenvalue weighted by Gasteiger charge is 2.40. The zero-order valence-corrected chi connectivity index (χ0v) is 8.73. The van der Waals surface area contributed by atoms with Crippen molar-refractivity contribution in [1.29, 1.82) is 0 Å². The van der Waals surface area contributed by atoms with Gasteiger partial charge in [-0.2, -0.15) is 0 Å². The minimum atomic E-state index is 0.0398. The second-order valence-electron chi connectivity index (χ2n) is 3.79. The molecule has 1 heterocycles. The van der Waals surface area contributed by atoms with E-state index in [4.69, 9.17) is 0 Å². The average molecular weight is 197 g/mol. The molecule has 72 valence electrons. The summed E-state index contributed by atoms with van der Waals surface area (Å²) >= 11 is 1.71. The topological polar surface area (TPSA) is 33.1 Å². The van der Waals surface area contributed by atoms with Gasteiger partial charge in [-0.25, -0.2) is 4.98 Å². The first-order chi connectivity index (χ1) is 6.30. The van der Waals surface area contributed by atoms with Gasteiger partial charge in [0.15, 0.2) is 0 Å². The maximum absolute atomic E-state index is 9.34. The summed E-state index contributed by atoms with van der Waals surface area (Å²) in [6.07, 6.45) is 4.46. The summed E-state index contributed by atoms with van der Waals surface area (Å²) in [6.45, 7) is 2.38. The van der Waals surface area contributed by atoms with Crippen molar-refractivity contribution >= 4 is 11.3 Å². The maximum Gasteiger partial charge on any atom is 0.101 e. The number of hydrogen-bond acceptors (Lipinski definition) is 3. The van der Waals surface area contributed by atoms with E-state index in [0.29, 0.717) is 0 Å². The van der Waals surface area contributed by atoms with E-state index < -0.39 is 0 Å². The monoisotopic (exact) mass is 197 g/mol. The predicted molar refractivity (Wildman–Crippen MR) is 54.1 cm³/mol. The van der Waals surface area contributed by atoms with Gasteiger partial charge in [-0.15, -0.1) is 11.3 Å². The standard InChI is InChI=1S/C10H15NOS/c1-2-8-6-13-9(11-8)10(7-12)4-3-5-10/h6,12H,2-5,7H2,1H3. The third-order valence-electron chi connectivity index (χ3n) is 2.98.